The maximum absolute atomic E-state index is 13.6. The highest BCUT2D eigenvalue weighted by atomic mass is 35.5. The summed E-state index contributed by atoms with van der Waals surface area (Å²) in [5.74, 6) is 1.09. The summed E-state index contributed by atoms with van der Waals surface area (Å²) in [5, 5.41) is 0.452. The maximum Gasteiger partial charge on any atom is 0.266 e. The molecule has 33 heavy (non-hydrogen) atoms. The summed E-state index contributed by atoms with van der Waals surface area (Å²) in [5.41, 5.74) is 6.66. The lowest BCUT2D eigenvalue weighted by molar-refractivity contribution is -0.129. The maximum atomic E-state index is 13.6. The molecule has 166 valence electrons. The van der Waals surface area contributed by atoms with Crippen LogP contribution in [0, 0.1) is 0 Å². The molecule has 1 aromatic heterocycles. The second-order valence-electron chi connectivity index (χ2n) is 7.80. The number of benzene rings is 2. The number of nitrogens with two attached hydrogens (primary N) is 1. The number of hydrogen-bond donors (Lipinski definition) is 1. The van der Waals surface area contributed by atoms with E-state index in [1.165, 1.54) is 11.1 Å². The summed E-state index contributed by atoms with van der Waals surface area (Å²) in [7, 11) is 3.12. The summed E-state index contributed by atoms with van der Waals surface area (Å²) in [4.78, 5) is 36.3. The molecule has 1 amide bonds. The van der Waals surface area contributed by atoms with Gasteiger partial charge in [-0.2, -0.15) is 0 Å². The zero-order valence-electron chi connectivity index (χ0n) is 17.8. The highest BCUT2D eigenvalue weighted by Crippen LogP contribution is 2.52. The van der Waals surface area contributed by atoms with Gasteiger partial charge in [-0.05, 0) is 48.0 Å². The average molecular weight is 463 g/mol. The van der Waals surface area contributed by atoms with E-state index in [1.54, 1.807) is 62.7 Å². The van der Waals surface area contributed by atoms with Crippen molar-refractivity contribution >= 4 is 29.3 Å². The van der Waals surface area contributed by atoms with Crippen molar-refractivity contribution in [3.8, 4) is 17.2 Å². The van der Waals surface area contributed by atoms with E-state index in [-0.39, 0.29) is 24.1 Å². The van der Waals surface area contributed by atoms with Crippen LogP contribution in [-0.2, 0) is 16.8 Å². The molecule has 2 aliphatic heterocycles. The van der Waals surface area contributed by atoms with Crippen LogP contribution < -0.4 is 15.2 Å². The molecule has 9 heteroatoms. The van der Waals surface area contributed by atoms with Crippen molar-refractivity contribution in [3.63, 3.8) is 0 Å². The molecule has 1 unspecified atom stereocenters. The van der Waals surface area contributed by atoms with Crippen LogP contribution in [0.1, 0.15) is 27.2 Å². The Morgan fingerprint density at radius 2 is 1.88 bits per heavy atom. The highest BCUT2D eigenvalue weighted by Gasteiger charge is 2.54. The number of likely N-dealkylation sites (N-methyl/N-ethyl adjacent to an activating group) is 1. The Hall–Kier alpha value is -3.91. The number of aromatic nitrogens is 1. The number of pyridine rings is 1. The molecule has 0 aliphatic carbocycles. The van der Waals surface area contributed by atoms with E-state index >= 15 is 0 Å². The van der Waals surface area contributed by atoms with Gasteiger partial charge in [0.05, 0.1) is 12.1 Å². The zero-order chi connectivity index (χ0) is 23.3. The summed E-state index contributed by atoms with van der Waals surface area (Å²) in [6, 6.07) is 13.7. The second kappa shape index (κ2) is 7.60. The number of methoxy groups -OCH3 is 1. The third-order valence-corrected chi connectivity index (χ3v) is 6.07. The van der Waals surface area contributed by atoms with E-state index < -0.39 is 5.54 Å². The third-order valence-electron chi connectivity index (χ3n) is 5.85. The van der Waals surface area contributed by atoms with Crippen LogP contribution in [0.25, 0.3) is 0 Å². The average Bonchev–Trinajstić information content (AvgIpc) is 3.04. The lowest BCUT2D eigenvalue weighted by atomic mass is 9.79. The molecule has 0 fully saturated rings. The van der Waals surface area contributed by atoms with Gasteiger partial charge in [0.15, 0.2) is 11.7 Å². The van der Waals surface area contributed by atoms with Crippen LogP contribution in [0.15, 0.2) is 59.7 Å². The molecule has 1 atom stereocenters. The molecule has 2 aliphatic rings. The molecule has 0 radical (unpaired) electrons. The minimum Gasteiger partial charge on any atom is -0.497 e. The molecule has 0 saturated heterocycles. The van der Waals surface area contributed by atoms with E-state index in [4.69, 9.17) is 26.8 Å². The number of nitrogens with zero attached hydrogens (tertiary/aromatic N) is 3. The fourth-order valence-corrected chi connectivity index (χ4v) is 4.25. The van der Waals surface area contributed by atoms with Gasteiger partial charge in [-0.15, -0.1) is 0 Å². The molecule has 8 nitrogen and oxygen atoms in total. The Balaban J connectivity index is 1.63. The van der Waals surface area contributed by atoms with Gasteiger partial charge in [0.1, 0.15) is 22.9 Å². The summed E-state index contributed by atoms with van der Waals surface area (Å²) >= 11 is 5.87. The number of guanidine groups is 1. The topological polar surface area (TPSA) is 107 Å². The lowest BCUT2D eigenvalue weighted by Gasteiger charge is -2.34. The number of carbonyl (C=O) groups is 2. The number of fused-ring (bicyclic) bond motifs is 4. The molecular formula is C24H19ClN4O4. The largest absolute Gasteiger partial charge is 0.497 e. The van der Waals surface area contributed by atoms with Crippen LogP contribution >= 0.6 is 11.6 Å². The Labute approximate surface area is 194 Å². The Morgan fingerprint density at radius 1 is 1.15 bits per heavy atom. The third kappa shape index (κ3) is 3.22. The van der Waals surface area contributed by atoms with Crippen molar-refractivity contribution in [3.05, 3.63) is 82.1 Å². The summed E-state index contributed by atoms with van der Waals surface area (Å²) < 4.78 is 11.5. The predicted molar refractivity (Wildman–Crippen MR) is 122 cm³/mol. The van der Waals surface area contributed by atoms with E-state index in [2.05, 4.69) is 9.98 Å². The monoisotopic (exact) mass is 462 g/mol. The highest BCUT2D eigenvalue weighted by molar-refractivity contribution is 6.30. The van der Waals surface area contributed by atoms with Crippen LogP contribution in [0.3, 0.4) is 0 Å². The first-order valence-corrected chi connectivity index (χ1v) is 10.5. The van der Waals surface area contributed by atoms with Gasteiger partial charge >= 0.3 is 0 Å². The predicted octanol–water partition coefficient (Wildman–Crippen LogP) is 3.31. The molecule has 5 rings (SSSR count). The van der Waals surface area contributed by atoms with Gasteiger partial charge in [-0.1, -0.05) is 17.7 Å². The van der Waals surface area contributed by atoms with Crippen molar-refractivity contribution in [1.82, 2.24) is 9.88 Å². The number of aliphatic imine (C=N–C) groups is 1. The summed E-state index contributed by atoms with van der Waals surface area (Å²) in [6.45, 7) is 0. The number of halogens is 1. The van der Waals surface area contributed by atoms with Gasteiger partial charge in [-0.3, -0.25) is 19.5 Å². The fraction of sp³-hybridized carbons (Fsp3) is 0.167. The normalized spacial score (nSPS) is 18.5. The molecule has 0 saturated carbocycles. The zero-order valence-corrected chi connectivity index (χ0v) is 18.6. The minimum atomic E-state index is -1.44. The van der Waals surface area contributed by atoms with Gasteiger partial charge in [0.25, 0.3) is 5.91 Å². The Bertz CT molecular complexity index is 1340. The van der Waals surface area contributed by atoms with Crippen molar-refractivity contribution in [2.45, 2.75) is 12.0 Å². The van der Waals surface area contributed by atoms with E-state index in [0.29, 0.717) is 44.7 Å². The van der Waals surface area contributed by atoms with E-state index in [1.807, 2.05) is 0 Å². The number of ether oxygens (including phenoxy) is 2. The van der Waals surface area contributed by atoms with Gasteiger partial charge in [-0.25, -0.2) is 4.99 Å². The quantitative estimate of drug-likeness (QED) is 0.596. The number of Topliss-reactive ketones (excluding diaryl/α,β-unsaturated/α-hetero) is 1. The summed E-state index contributed by atoms with van der Waals surface area (Å²) in [6.07, 6.45) is 1.51. The standard InChI is InChI=1S/C24H19ClN4O4/c1-29-22(31)24(28-23(29)26)16-9-13(10-19(30)18-6-4-14(25)12-27-18)3-7-20(16)33-21-8-5-15(32-2)11-17(21)24/h3-9,11-12H,10H2,1-2H3,(H2,26,28). The number of carbonyl (C=O) groups excluding carboxylic acids is 2. The molecule has 0 bridgehead atoms. The molecule has 1 spiro atoms. The van der Waals surface area contributed by atoms with Crippen molar-refractivity contribution in [2.75, 3.05) is 14.2 Å². The number of hydrogen-bond acceptors (Lipinski definition) is 7. The van der Waals surface area contributed by atoms with Gasteiger partial charge in [0, 0.05) is 30.8 Å². The fourth-order valence-electron chi connectivity index (χ4n) is 4.14. The Kier molecular flexibility index (Phi) is 4.83. The number of rotatable bonds is 4. The first-order valence-electron chi connectivity index (χ1n) is 10.1. The lowest BCUT2D eigenvalue weighted by Crippen LogP contribution is -2.42. The number of ketones is 1. The smallest absolute Gasteiger partial charge is 0.266 e. The van der Waals surface area contributed by atoms with Crippen LogP contribution in [0.4, 0.5) is 0 Å². The SMILES string of the molecule is COc1ccc2c(c1)C1(N=C(N)N(C)C1=O)c1cc(CC(=O)c3ccc(Cl)cn3)ccc1O2. The van der Waals surface area contributed by atoms with Gasteiger partial charge in [0.2, 0.25) is 5.54 Å². The molecule has 3 heterocycles. The van der Waals surface area contributed by atoms with E-state index in [9.17, 15) is 9.59 Å². The minimum absolute atomic E-state index is 0.0756. The first kappa shape index (κ1) is 21.0. The van der Waals surface area contributed by atoms with Crippen molar-refractivity contribution < 1.29 is 19.1 Å². The first-order chi connectivity index (χ1) is 15.8. The van der Waals surface area contributed by atoms with Gasteiger partial charge < -0.3 is 15.2 Å². The molecule has 2 aromatic carbocycles. The molecular weight excluding hydrogens is 444 g/mol. The van der Waals surface area contributed by atoms with E-state index in [0.717, 1.165) is 0 Å². The van der Waals surface area contributed by atoms with Crippen LogP contribution in [0.5, 0.6) is 17.2 Å². The molecule has 3 aromatic rings. The van der Waals surface area contributed by atoms with Crippen LogP contribution in [0.2, 0.25) is 5.02 Å². The van der Waals surface area contributed by atoms with Crippen molar-refractivity contribution in [2.24, 2.45) is 10.7 Å². The second-order valence-corrected chi connectivity index (χ2v) is 8.24. The molecule has 2 N–H and O–H groups in total. The number of amides is 1. The Morgan fingerprint density at radius 3 is 2.52 bits per heavy atom. The van der Waals surface area contributed by atoms with Crippen LogP contribution in [-0.4, -0.2) is 41.7 Å². The van der Waals surface area contributed by atoms with Crippen molar-refractivity contribution in [1.29, 1.82) is 0 Å².